The Balaban J connectivity index is 1.58. The van der Waals surface area contributed by atoms with Crippen molar-refractivity contribution in [3.63, 3.8) is 0 Å². The van der Waals surface area contributed by atoms with Crippen molar-refractivity contribution in [3.8, 4) is 0 Å². The first-order chi connectivity index (χ1) is 12.1. The van der Waals surface area contributed by atoms with E-state index in [0.29, 0.717) is 16.3 Å². The number of halogens is 1. The summed E-state index contributed by atoms with van der Waals surface area (Å²) in [6.45, 7) is 0. The largest absolute Gasteiger partial charge is 0.269 e. The molecule has 1 aromatic heterocycles. The van der Waals surface area contributed by atoms with Gasteiger partial charge in [0.25, 0.3) is 11.8 Å². The van der Waals surface area contributed by atoms with Crippen LogP contribution in [0.25, 0.3) is 17.1 Å². The van der Waals surface area contributed by atoms with Crippen molar-refractivity contribution in [3.05, 3.63) is 77.1 Å². The summed E-state index contributed by atoms with van der Waals surface area (Å²) in [5, 5.41) is 0.528. The monoisotopic (exact) mass is 352 g/mol. The molecule has 3 rings (SSSR count). The molecule has 0 saturated carbocycles. The number of benzene rings is 2. The summed E-state index contributed by atoms with van der Waals surface area (Å²) in [5.41, 5.74) is 7.05. The molecular weight excluding hydrogens is 340 g/mol. The molecule has 2 amide bonds. The third-order valence-corrected chi connectivity index (χ3v) is 3.53. The summed E-state index contributed by atoms with van der Waals surface area (Å²) in [6.07, 6.45) is 4.35. The van der Waals surface area contributed by atoms with Gasteiger partial charge in [-0.25, -0.2) is 4.98 Å². The predicted molar refractivity (Wildman–Crippen MR) is 95.6 cm³/mol. The highest BCUT2D eigenvalue weighted by Gasteiger charge is 2.05. The van der Waals surface area contributed by atoms with Gasteiger partial charge in [0.05, 0.1) is 22.9 Å². The van der Waals surface area contributed by atoms with E-state index in [4.69, 9.17) is 11.6 Å². The molecule has 0 spiro atoms. The third kappa shape index (κ3) is 4.39. The van der Waals surface area contributed by atoms with E-state index >= 15 is 0 Å². The number of fused-ring (bicyclic) bond motifs is 1. The number of nitrogens with zero attached hydrogens (tertiary/aromatic N) is 2. The highest BCUT2D eigenvalue weighted by molar-refractivity contribution is 6.30. The van der Waals surface area contributed by atoms with Crippen molar-refractivity contribution >= 4 is 40.5 Å². The molecule has 0 aliphatic heterocycles. The van der Waals surface area contributed by atoms with Gasteiger partial charge in [-0.15, -0.1) is 0 Å². The molecule has 25 heavy (non-hydrogen) atoms. The molecule has 2 aromatic carbocycles. The minimum absolute atomic E-state index is 0.383. The standard InChI is InChI=1S/C18H13ClN4O2/c19-13-7-5-12(6-8-13)18(25)23-22-17(24)10-9-14-11-20-15-3-1-2-4-16(15)21-14/h1-11H,(H,22,24)(H,23,25)/b10-9+. The number of hydrogen-bond acceptors (Lipinski definition) is 4. The fraction of sp³-hybridized carbons (Fsp3) is 0. The van der Waals surface area contributed by atoms with Gasteiger partial charge in [0, 0.05) is 16.7 Å². The molecular formula is C18H13ClN4O2. The summed E-state index contributed by atoms with van der Waals surface area (Å²) in [5.74, 6) is -0.929. The maximum absolute atomic E-state index is 11.9. The topological polar surface area (TPSA) is 84.0 Å². The van der Waals surface area contributed by atoms with Gasteiger partial charge in [-0.3, -0.25) is 25.4 Å². The molecule has 3 aromatic rings. The average Bonchev–Trinajstić information content (AvgIpc) is 2.65. The fourth-order valence-corrected chi connectivity index (χ4v) is 2.17. The lowest BCUT2D eigenvalue weighted by molar-refractivity contribution is -0.117. The summed E-state index contributed by atoms with van der Waals surface area (Å²) in [7, 11) is 0. The predicted octanol–water partition coefficient (Wildman–Crippen LogP) is 2.76. The van der Waals surface area contributed by atoms with Crippen LogP contribution in [0.2, 0.25) is 5.02 Å². The smallest absolute Gasteiger partial charge is 0.268 e. The molecule has 0 atom stereocenters. The number of hydrazine groups is 1. The van der Waals surface area contributed by atoms with Gasteiger partial charge in [0.15, 0.2) is 0 Å². The molecule has 0 aliphatic rings. The highest BCUT2D eigenvalue weighted by Crippen LogP contribution is 2.10. The van der Waals surface area contributed by atoms with E-state index in [0.717, 1.165) is 11.0 Å². The number of carbonyl (C=O) groups excluding carboxylic acids is 2. The summed E-state index contributed by atoms with van der Waals surface area (Å²) >= 11 is 5.76. The van der Waals surface area contributed by atoms with Gasteiger partial charge in [-0.2, -0.15) is 0 Å². The zero-order valence-electron chi connectivity index (χ0n) is 12.9. The molecule has 124 valence electrons. The molecule has 0 unspecified atom stereocenters. The molecule has 0 aliphatic carbocycles. The Hall–Kier alpha value is -3.25. The number of aromatic nitrogens is 2. The van der Waals surface area contributed by atoms with Gasteiger partial charge in [-0.1, -0.05) is 23.7 Å². The third-order valence-electron chi connectivity index (χ3n) is 3.28. The Labute approximate surface area is 148 Å². The first-order valence-corrected chi connectivity index (χ1v) is 7.75. The zero-order valence-corrected chi connectivity index (χ0v) is 13.7. The van der Waals surface area contributed by atoms with Crippen molar-refractivity contribution in [1.29, 1.82) is 0 Å². The van der Waals surface area contributed by atoms with Crippen LogP contribution in [0.3, 0.4) is 0 Å². The SMILES string of the molecule is O=C(/C=C/c1cnc2ccccc2n1)NNC(=O)c1ccc(Cl)cc1. The van der Waals surface area contributed by atoms with Crippen LogP contribution in [0.1, 0.15) is 16.1 Å². The minimum Gasteiger partial charge on any atom is -0.268 e. The normalized spacial score (nSPS) is 10.8. The first kappa shape index (κ1) is 16.6. The van der Waals surface area contributed by atoms with Crippen molar-refractivity contribution in [2.75, 3.05) is 0 Å². The fourth-order valence-electron chi connectivity index (χ4n) is 2.05. The molecule has 0 saturated heterocycles. The Kier molecular flexibility index (Phi) is 5.01. The van der Waals surface area contributed by atoms with Crippen molar-refractivity contribution < 1.29 is 9.59 Å². The van der Waals surface area contributed by atoms with Gasteiger partial charge >= 0.3 is 0 Å². The second kappa shape index (κ2) is 7.55. The van der Waals surface area contributed by atoms with Crippen molar-refractivity contribution in [2.24, 2.45) is 0 Å². The Morgan fingerprint density at radius 2 is 1.68 bits per heavy atom. The van der Waals surface area contributed by atoms with E-state index in [1.807, 2.05) is 24.3 Å². The molecule has 0 radical (unpaired) electrons. The van der Waals surface area contributed by atoms with Gasteiger partial charge < -0.3 is 0 Å². The van der Waals surface area contributed by atoms with E-state index in [1.54, 1.807) is 30.5 Å². The number of nitrogens with one attached hydrogen (secondary N) is 2. The quantitative estimate of drug-likeness (QED) is 0.560. The van der Waals surface area contributed by atoms with Crippen LogP contribution >= 0.6 is 11.6 Å². The zero-order chi connectivity index (χ0) is 17.6. The molecule has 0 bridgehead atoms. The number of para-hydroxylation sites is 2. The Morgan fingerprint density at radius 3 is 2.44 bits per heavy atom. The lowest BCUT2D eigenvalue weighted by Crippen LogP contribution is -2.40. The summed E-state index contributed by atoms with van der Waals surface area (Å²) in [4.78, 5) is 32.3. The van der Waals surface area contributed by atoms with Crippen molar-refractivity contribution in [1.82, 2.24) is 20.8 Å². The van der Waals surface area contributed by atoms with E-state index in [2.05, 4.69) is 20.8 Å². The van der Waals surface area contributed by atoms with Gasteiger partial charge in [-0.05, 0) is 42.5 Å². The number of rotatable bonds is 3. The van der Waals surface area contributed by atoms with Crippen LogP contribution < -0.4 is 10.9 Å². The Morgan fingerprint density at radius 1 is 0.960 bits per heavy atom. The second-order valence-corrected chi connectivity index (χ2v) is 5.50. The van der Waals surface area contributed by atoms with Crippen molar-refractivity contribution in [2.45, 2.75) is 0 Å². The summed E-state index contributed by atoms with van der Waals surface area (Å²) < 4.78 is 0. The number of amides is 2. The average molecular weight is 353 g/mol. The van der Waals surface area contributed by atoms with Gasteiger partial charge in [0.1, 0.15) is 0 Å². The molecule has 6 nitrogen and oxygen atoms in total. The molecule has 2 N–H and O–H groups in total. The van der Waals surface area contributed by atoms with Crippen LogP contribution in [0.4, 0.5) is 0 Å². The van der Waals surface area contributed by atoms with E-state index in [9.17, 15) is 9.59 Å². The minimum atomic E-state index is -0.489. The molecule has 0 fully saturated rings. The first-order valence-electron chi connectivity index (χ1n) is 7.37. The highest BCUT2D eigenvalue weighted by atomic mass is 35.5. The second-order valence-electron chi connectivity index (χ2n) is 5.07. The van der Waals surface area contributed by atoms with Crippen LogP contribution in [-0.4, -0.2) is 21.8 Å². The number of hydrogen-bond donors (Lipinski definition) is 2. The lowest BCUT2D eigenvalue weighted by Gasteiger charge is -2.05. The van der Waals surface area contributed by atoms with Crippen LogP contribution in [0.5, 0.6) is 0 Å². The van der Waals surface area contributed by atoms with E-state index in [1.165, 1.54) is 12.2 Å². The summed E-state index contributed by atoms with van der Waals surface area (Å²) in [6, 6.07) is 13.7. The lowest BCUT2D eigenvalue weighted by atomic mass is 10.2. The van der Waals surface area contributed by atoms with Gasteiger partial charge in [0.2, 0.25) is 0 Å². The van der Waals surface area contributed by atoms with Crippen LogP contribution in [0, 0.1) is 0 Å². The van der Waals surface area contributed by atoms with Crippen LogP contribution in [0.15, 0.2) is 60.8 Å². The van der Waals surface area contributed by atoms with E-state index < -0.39 is 11.8 Å². The van der Waals surface area contributed by atoms with Crippen LogP contribution in [-0.2, 0) is 4.79 Å². The van der Waals surface area contributed by atoms with E-state index in [-0.39, 0.29) is 0 Å². The molecule has 7 heteroatoms. The molecule has 1 heterocycles. The maximum Gasteiger partial charge on any atom is 0.269 e. The maximum atomic E-state index is 11.9. The number of carbonyl (C=O) groups is 2. The Bertz CT molecular complexity index is 955.